The average molecular weight is 390 g/mol. The first-order valence-corrected chi connectivity index (χ1v) is 10.7. The number of rotatable bonds is 6. The minimum atomic E-state index is 0.0545. The molecule has 1 saturated carbocycles. The SMILES string of the molecule is C=C(Nc1ccc2c(c1)C[C@@H](C(C)(C)CN)N2)C1(c2ccc3c(c2)CCO3)CC1. The number of hydrogen-bond acceptors (Lipinski definition) is 4. The van der Waals surface area contributed by atoms with E-state index in [0.29, 0.717) is 12.6 Å². The van der Waals surface area contributed by atoms with E-state index in [4.69, 9.17) is 10.5 Å². The third-order valence-electron chi connectivity index (χ3n) is 7.19. The van der Waals surface area contributed by atoms with Gasteiger partial charge >= 0.3 is 0 Å². The number of anilines is 2. The summed E-state index contributed by atoms with van der Waals surface area (Å²) in [5.41, 5.74) is 13.6. The quantitative estimate of drug-likeness (QED) is 0.676. The number of hydrogen-bond donors (Lipinski definition) is 3. The fraction of sp³-hybridized carbons (Fsp3) is 0.440. The van der Waals surface area contributed by atoms with Crippen LogP contribution in [-0.2, 0) is 18.3 Å². The van der Waals surface area contributed by atoms with Crippen LogP contribution in [0.3, 0.4) is 0 Å². The van der Waals surface area contributed by atoms with Crippen LogP contribution >= 0.6 is 0 Å². The molecule has 1 atom stereocenters. The highest BCUT2D eigenvalue weighted by atomic mass is 16.5. The Bertz CT molecular complexity index is 974. The first-order valence-electron chi connectivity index (χ1n) is 10.7. The lowest BCUT2D eigenvalue weighted by Crippen LogP contribution is -2.40. The lowest BCUT2D eigenvalue weighted by molar-refractivity contribution is 0.320. The molecule has 0 amide bonds. The van der Waals surface area contributed by atoms with Crippen molar-refractivity contribution < 1.29 is 4.74 Å². The Labute approximate surface area is 173 Å². The van der Waals surface area contributed by atoms with Crippen molar-refractivity contribution in [3.8, 4) is 5.75 Å². The lowest BCUT2D eigenvalue weighted by atomic mass is 9.83. The van der Waals surface area contributed by atoms with Gasteiger partial charge in [0, 0.05) is 34.9 Å². The molecule has 2 aromatic carbocycles. The van der Waals surface area contributed by atoms with Gasteiger partial charge in [0.1, 0.15) is 5.75 Å². The molecular formula is C25H31N3O. The minimum absolute atomic E-state index is 0.0545. The molecule has 2 heterocycles. The van der Waals surface area contributed by atoms with Gasteiger partial charge in [-0.1, -0.05) is 32.6 Å². The molecule has 4 heteroatoms. The van der Waals surface area contributed by atoms with Crippen LogP contribution in [0.15, 0.2) is 48.7 Å². The lowest BCUT2D eigenvalue weighted by Gasteiger charge is -2.30. The Morgan fingerprint density at radius 3 is 2.83 bits per heavy atom. The first kappa shape index (κ1) is 18.6. The third kappa shape index (κ3) is 3.10. The molecule has 4 nitrogen and oxygen atoms in total. The molecule has 0 radical (unpaired) electrons. The van der Waals surface area contributed by atoms with Crippen LogP contribution in [0.2, 0.25) is 0 Å². The van der Waals surface area contributed by atoms with E-state index >= 15 is 0 Å². The highest BCUT2D eigenvalue weighted by molar-refractivity contribution is 5.66. The Kier molecular flexibility index (Phi) is 4.18. The zero-order valence-corrected chi connectivity index (χ0v) is 17.5. The molecule has 1 fully saturated rings. The molecule has 1 aliphatic carbocycles. The summed E-state index contributed by atoms with van der Waals surface area (Å²) in [5.74, 6) is 1.05. The molecule has 5 rings (SSSR count). The smallest absolute Gasteiger partial charge is 0.122 e. The van der Waals surface area contributed by atoms with Gasteiger partial charge in [-0.15, -0.1) is 0 Å². The maximum atomic E-state index is 5.99. The van der Waals surface area contributed by atoms with Gasteiger partial charge in [-0.05, 0) is 72.2 Å². The van der Waals surface area contributed by atoms with Crippen molar-refractivity contribution in [1.82, 2.24) is 0 Å². The van der Waals surface area contributed by atoms with Gasteiger partial charge < -0.3 is 21.1 Å². The average Bonchev–Trinajstić information content (AvgIpc) is 3.20. The normalized spacial score (nSPS) is 21.0. The van der Waals surface area contributed by atoms with Crippen molar-refractivity contribution in [2.45, 2.75) is 51.0 Å². The Morgan fingerprint density at radius 2 is 2.07 bits per heavy atom. The summed E-state index contributed by atoms with van der Waals surface area (Å²) < 4.78 is 5.67. The molecule has 0 unspecified atom stereocenters. The molecule has 3 aliphatic rings. The van der Waals surface area contributed by atoms with Crippen molar-refractivity contribution >= 4 is 11.4 Å². The zero-order chi connectivity index (χ0) is 20.2. The monoisotopic (exact) mass is 389 g/mol. The molecule has 0 aromatic heterocycles. The van der Waals surface area contributed by atoms with Crippen molar-refractivity contribution in [1.29, 1.82) is 0 Å². The maximum absolute atomic E-state index is 5.99. The summed E-state index contributed by atoms with van der Waals surface area (Å²) in [5, 5.41) is 7.29. The molecule has 2 aromatic rings. The van der Waals surface area contributed by atoms with Gasteiger partial charge in [0.15, 0.2) is 0 Å². The van der Waals surface area contributed by atoms with E-state index in [-0.39, 0.29) is 10.8 Å². The van der Waals surface area contributed by atoms with Crippen LogP contribution in [-0.4, -0.2) is 19.2 Å². The maximum Gasteiger partial charge on any atom is 0.122 e. The van der Waals surface area contributed by atoms with Crippen LogP contribution in [0, 0.1) is 5.41 Å². The standard InChI is InChI=1S/C25H31N3O/c1-16(25(9-10-25)19-4-7-22-17(12-19)8-11-29-22)27-20-5-6-21-18(13-20)14-23(28-21)24(2,3)15-26/h4-7,12-13,23,27-28H,1,8-11,14-15,26H2,2-3H3/t23-/m0/s1. The highest BCUT2D eigenvalue weighted by Crippen LogP contribution is 2.54. The van der Waals surface area contributed by atoms with Crippen LogP contribution in [0.25, 0.3) is 0 Å². The van der Waals surface area contributed by atoms with Crippen LogP contribution in [0.4, 0.5) is 11.4 Å². The second kappa shape index (κ2) is 6.53. The summed E-state index contributed by atoms with van der Waals surface area (Å²) >= 11 is 0. The number of fused-ring (bicyclic) bond motifs is 2. The molecule has 4 N–H and O–H groups in total. The van der Waals surface area contributed by atoms with E-state index in [1.54, 1.807) is 0 Å². The molecule has 0 bridgehead atoms. The molecular weight excluding hydrogens is 358 g/mol. The van der Waals surface area contributed by atoms with E-state index in [1.165, 1.54) is 22.4 Å². The first-order chi connectivity index (χ1) is 13.9. The van der Waals surface area contributed by atoms with E-state index in [0.717, 1.165) is 49.4 Å². The van der Waals surface area contributed by atoms with Gasteiger partial charge in [-0.3, -0.25) is 0 Å². The summed E-state index contributed by atoms with van der Waals surface area (Å²) in [6.45, 7) is 10.4. The van der Waals surface area contributed by atoms with Crippen LogP contribution in [0.1, 0.15) is 43.4 Å². The number of allylic oxidation sites excluding steroid dienone is 1. The van der Waals surface area contributed by atoms with Crippen molar-refractivity contribution in [3.05, 3.63) is 65.4 Å². The van der Waals surface area contributed by atoms with E-state index in [2.05, 4.69) is 67.5 Å². The Hall–Kier alpha value is -2.46. The van der Waals surface area contributed by atoms with Crippen LogP contribution in [0.5, 0.6) is 5.75 Å². The second-order valence-corrected chi connectivity index (χ2v) is 9.57. The molecule has 2 aliphatic heterocycles. The largest absolute Gasteiger partial charge is 0.493 e. The van der Waals surface area contributed by atoms with E-state index in [9.17, 15) is 0 Å². The predicted molar refractivity (Wildman–Crippen MR) is 120 cm³/mol. The summed E-state index contributed by atoms with van der Waals surface area (Å²) in [6.07, 6.45) is 4.32. The van der Waals surface area contributed by atoms with E-state index in [1.807, 2.05) is 0 Å². The van der Waals surface area contributed by atoms with Gasteiger partial charge in [-0.2, -0.15) is 0 Å². The molecule has 29 heavy (non-hydrogen) atoms. The Morgan fingerprint density at radius 1 is 1.24 bits per heavy atom. The van der Waals surface area contributed by atoms with Gasteiger partial charge in [0.2, 0.25) is 0 Å². The number of benzene rings is 2. The summed E-state index contributed by atoms with van der Waals surface area (Å²) in [4.78, 5) is 0. The van der Waals surface area contributed by atoms with Crippen molar-refractivity contribution in [2.75, 3.05) is 23.8 Å². The van der Waals surface area contributed by atoms with E-state index < -0.39 is 0 Å². The van der Waals surface area contributed by atoms with Crippen molar-refractivity contribution in [2.24, 2.45) is 11.1 Å². The predicted octanol–water partition coefficient (Wildman–Crippen LogP) is 4.60. The topological polar surface area (TPSA) is 59.3 Å². The second-order valence-electron chi connectivity index (χ2n) is 9.57. The minimum Gasteiger partial charge on any atom is -0.493 e. The fourth-order valence-electron chi connectivity index (χ4n) is 4.72. The fourth-order valence-corrected chi connectivity index (χ4v) is 4.72. The molecule has 0 saturated heterocycles. The summed E-state index contributed by atoms with van der Waals surface area (Å²) in [7, 11) is 0. The number of nitrogens with two attached hydrogens (primary N) is 1. The number of nitrogens with one attached hydrogen (secondary N) is 2. The highest BCUT2D eigenvalue weighted by Gasteiger charge is 2.47. The molecule has 152 valence electrons. The Balaban J connectivity index is 1.33. The third-order valence-corrected chi connectivity index (χ3v) is 7.19. The van der Waals surface area contributed by atoms with Crippen molar-refractivity contribution in [3.63, 3.8) is 0 Å². The molecule has 0 spiro atoms. The summed E-state index contributed by atoms with van der Waals surface area (Å²) in [6, 6.07) is 13.7. The van der Waals surface area contributed by atoms with Gasteiger partial charge in [0.25, 0.3) is 0 Å². The number of ether oxygens (including phenoxy) is 1. The van der Waals surface area contributed by atoms with Gasteiger partial charge in [0.05, 0.1) is 6.61 Å². The van der Waals surface area contributed by atoms with Crippen LogP contribution < -0.4 is 21.1 Å². The van der Waals surface area contributed by atoms with Gasteiger partial charge in [-0.25, -0.2) is 0 Å². The zero-order valence-electron chi connectivity index (χ0n) is 17.5.